The van der Waals surface area contributed by atoms with Gasteiger partial charge in [-0.3, -0.25) is 0 Å². The second-order valence-electron chi connectivity index (χ2n) is 4.94. The highest BCUT2D eigenvalue weighted by molar-refractivity contribution is 8.93. The quantitative estimate of drug-likeness (QED) is 0.777. The van der Waals surface area contributed by atoms with Crippen LogP contribution in [0.2, 0.25) is 0 Å². The van der Waals surface area contributed by atoms with Crippen LogP contribution in [0.25, 0.3) is 0 Å². The average Bonchev–Trinajstić information content (AvgIpc) is 2.76. The number of aliphatic hydroxyl groups is 1. The topological polar surface area (TPSA) is 26.7 Å². The molecule has 0 radical (unpaired) electrons. The lowest BCUT2D eigenvalue weighted by Crippen LogP contribution is -2.32. The Balaban J connectivity index is 0.00000180. The van der Waals surface area contributed by atoms with Crippen molar-refractivity contribution >= 4 is 28.4 Å². The molecule has 1 aromatic carbocycles. The highest BCUT2D eigenvalue weighted by atomic mass is 79.9. The molecule has 0 spiro atoms. The van der Waals surface area contributed by atoms with Crippen LogP contribution in [0.4, 0.5) is 11.4 Å². The lowest BCUT2D eigenvalue weighted by molar-refractivity contribution is 0.285. The molecule has 1 aliphatic heterocycles. The number of hydrogen-bond donors (Lipinski definition) is 1. The smallest absolute Gasteiger partial charge is 0.0904 e. The zero-order valence-electron chi connectivity index (χ0n) is 11.7. The van der Waals surface area contributed by atoms with E-state index in [4.69, 9.17) is 5.11 Å². The molecule has 0 fully saturated rings. The second-order valence-corrected chi connectivity index (χ2v) is 4.94. The number of para-hydroxylation sites is 2. The Labute approximate surface area is 127 Å². The average molecular weight is 329 g/mol. The summed E-state index contributed by atoms with van der Waals surface area (Å²) in [7, 11) is 0. The van der Waals surface area contributed by atoms with Crippen LogP contribution in [0.1, 0.15) is 32.6 Å². The van der Waals surface area contributed by atoms with Crippen molar-refractivity contribution in [2.45, 2.75) is 32.6 Å². The van der Waals surface area contributed by atoms with E-state index in [0.717, 1.165) is 32.6 Å². The van der Waals surface area contributed by atoms with Gasteiger partial charge in [0.25, 0.3) is 0 Å². The third-order valence-electron chi connectivity index (χ3n) is 3.52. The predicted octanol–water partition coefficient (Wildman–Crippen LogP) is 3.42. The number of unbranched alkanes of at least 4 members (excludes halogenated alkanes) is 2. The van der Waals surface area contributed by atoms with Crippen molar-refractivity contribution in [1.29, 1.82) is 0 Å². The Morgan fingerprint density at radius 1 is 1.00 bits per heavy atom. The van der Waals surface area contributed by atoms with Gasteiger partial charge in [-0.05, 0) is 31.4 Å². The molecule has 0 amide bonds. The SMILES string of the molecule is Br.CCCCN1CN(CCCCO)c2ccccc21. The molecule has 4 heteroatoms. The highest BCUT2D eigenvalue weighted by Gasteiger charge is 2.23. The number of anilines is 2. The third kappa shape index (κ3) is 4.11. The Morgan fingerprint density at radius 2 is 1.58 bits per heavy atom. The maximum atomic E-state index is 8.87. The van der Waals surface area contributed by atoms with Crippen molar-refractivity contribution in [2.75, 3.05) is 36.2 Å². The summed E-state index contributed by atoms with van der Waals surface area (Å²) in [5.41, 5.74) is 2.72. The zero-order chi connectivity index (χ0) is 12.8. The first kappa shape index (κ1) is 16.3. The van der Waals surface area contributed by atoms with E-state index in [1.165, 1.54) is 24.2 Å². The molecule has 108 valence electrons. The molecule has 0 saturated carbocycles. The molecule has 0 bridgehead atoms. The van der Waals surface area contributed by atoms with Crippen LogP contribution < -0.4 is 9.80 Å². The zero-order valence-corrected chi connectivity index (χ0v) is 13.4. The van der Waals surface area contributed by atoms with Gasteiger partial charge >= 0.3 is 0 Å². The minimum absolute atomic E-state index is 0. The molecule has 19 heavy (non-hydrogen) atoms. The maximum Gasteiger partial charge on any atom is 0.0904 e. The number of halogens is 1. The second kappa shape index (κ2) is 8.43. The van der Waals surface area contributed by atoms with Gasteiger partial charge in [-0.1, -0.05) is 25.5 Å². The summed E-state index contributed by atoms with van der Waals surface area (Å²) in [6.07, 6.45) is 4.45. The lowest BCUT2D eigenvalue weighted by atomic mass is 10.2. The lowest BCUT2D eigenvalue weighted by Gasteiger charge is -2.21. The van der Waals surface area contributed by atoms with Crippen LogP contribution in [0.3, 0.4) is 0 Å². The minimum Gasteiger partial charge on any atom is -0.396 e. The van der Waals surface area contributed by atoms with Gasteiger partial charge in [-0.25, -0.2) is 0 Å². The number of fused-ring (bicyclic) bond motifs is 1. The van der Waals surface area contributed by atoms with Crippen molar-refractivity contribution in [3.8, 4) is 0 Å². The molecule has 0 atom stereocenters. The first-order valence-corrected chi connectivity index (χ1v) is 7.06. The molecule has 2 rings (SSSR count). The Kier molecular flexibility index (Phi) is 7.24. The van der Waals surface area contributed by atoms with E-state index in [1.54, 1.807) is 0 Å². The first-order valence-electron chi connectivity index (χ1n) is 7.06. The summed E-state index contributed by atoms with van der Waals surface area (Å²) >= 11 is 0. The fraction of sp³-hybridized carbons (Fsp3) is 0.600. The summed E-state index contributed by atoms with van der Waals surface area (Å²) in [5, 5.41) is 8.87. The van der Waals surface area contributed by atoms with Crippen molar-refractivity contribution in [2.24, 2.45) is 0 Å². The molecule has 0 saturated heterocycles. The van der Waals surface area contributed by atoms with E-state index in [9.17, 15) is 0 Å². The molecule has 1 aromatic rings. The Hall–Kier alpha value is -0.740. The van der Waals surface area contributed by atoms with Gasteiger partial charge in [0, 0.05) is 19.7 Å². The monoisotopic (exact) mass is 328 g/mol. The molecule has 0 aliphatic carbocycles. The van der Waals surface area contributed by atoms with Crippen molar-refractivity contribution in [3.05, 3.63) is 24.3 Å². The summed E-state index contributed by atoms with van der Waals surface area (Å²) in [4.78, 5) is 4.90. The molecular weight excluding hydrogens is 304 g/mol. The summed E-state index contributed by atoms with van der Waals surface area (Å²) in [5.74, 6) is 0. The number of aliphatic hydroxyl groups excluding tert-OH is 1. The van der Waals surface area contributed by atoms with E-state index in [1.807, 2.05) is 0 Å². The van der Waals surface area contributed by atoms with Crippen LogP contribution in [-0.4, -0.2) is 31.5 Å². The van der Waals surface area contributed by atoms with Crippen LogP contribution >= 0.6 is 17.0 Å². The summed E-state index contributed by atoms with van der Waals surface area (Å²) in [6.45, 7) is 5.73. The van der Waals surface area contributed by atoms with Gasteiger partial charge in [0.15, 0.2) is 0 Å². The van der Waals surface area contributed by atoms with Gasteiger partial charge in [0.2, 0.25) is 0 Å². The van der Waals surface area contributed by atoms with Crippen molar-refractivity contribution < 1.29 is 5.11 Å². The van der Waals surface area contributed by atoms with E-state index in [-0.39, 0.29) is 17.0 Å². The summed E-state index contributed by atoms with van der Waals surface area (Å²) < 4.78 is 0. The largest absolute Gasteiger partial charge is 0.396 e. The minimum atomic E-state index is 0. The van der Waals surface area contributed by atoms with Gasteiger partial charge in [-0.15, -0.1) is 17.0 Å². The molecule has 1 N–H and O–H groups in total. The van der Waals surface area contributed by atoms with Crippen LogP contribution in [0.15, 0.2) is 24.3 Å². The number of benzene rings is 1. The highest BCUT2D eigenvalue weighted by Crippen LogP contribution is 2.35. The molecule has 0 aromatic heterocycles. The van der Waals surface area contributed by atoms with Gasteiger partial charge in [-0.2, -0.15) is 0 Å². The normalized spacial score (nSPS) is 13.4. The molecule has 3 nitrogen and oxygen atoms in total. The van der Waals surface area contributed by atoms with Gasteiger partial charge in [0.05, 0.1) is 18.0 Å². The van der Waals surface area contributed by atoms with Crippen LogP contribution in [0.5, 0.6) is 0 Å². The number of hydrogen-bond acceptors (Lipinski definition) is 3. The fourth-order valence-corrected chi connectivity index (χ4v) is 2.50. The van der Waals surface area contributed by atoms with Gasteiger partial charge in [0.1, 0.15) is 0 Å². The number of nitrogens with zero attached hydrogens (tertiary/aromatic N) is 2. The molecular formula is C15H25BrN2O. The number of rotatable bonds is 7. The molecule has 1 aliphatic rings. The van der Waals surface area contributed by atoms with Crippen molar-refractivity contribution in [3.63, 3.8) is 0 Å². The van der Waals surface area contributed by atoms with Crippen LogP contribution in [0, 0.1) is 0 Å². The third-order valence-corrected chi connectivity index (χ3v) is 3.52. The molecule has 1 heterocycles. The van der Waals surface area contributed by atoms with Gasteiger partial charge < -0.3 is 14.9 Å². The van der Waals surface area contributed by atoms with E-state index < -0.39 is 0 Å². The van der Waals surface area contributed by atoms with Crippen molar-refractivity contribution in [1.82, 2.24) is 0 Å². The maximum absolute atomic E-state index is 8.87. The molecule has 0 unspecified atom stereocenters. The first-order chi connectivity index (χ1) is 8.86. The van der Waals surface area contributed by atoms with E-state index >= 15 is 0 Å². The Morgan fingerprint density at radius 3 is 2.11 bits per heavy atom. The predicted molar refractivity (Wildman–Crippen MR) is 87.6 cm³/mol. The van der Waals surface area contributed by atoms with E-state index in [0.29, 0.717) is 6.61 Å². The standard InChI is InChI=1S/C15H24N2O.BrH/c1-2-3-10-16-13-17(11-6-7-12-18)15-9-5-4-8-14(15)16;/h4-5,8-9,18H,2-3,6-7,10-13H2,1H3;1H. The summed E-state index contributed by atoms with van der Waals surface area (Å²) in [6, 6.07) is 8.66. The Bertz CT molecular complexity index is 373. The van der Waals surface area contributed by atoms with E-state index in [2.05, 4.69) is 41.0 Å². The van der Waals surface area contributed by atoms with Crippen LogP contribution in [-0.2, 0) is 0 Å². The fourth-order valence-electron chi connectivity index (χ4n) is 2.50.